The Morgan fingerprint density at radius 3 is 2.50 bits per heavy atom. The van der Waals surface area contributed by atoms with Gasteiger partial charge in [0.25, 0.3) is 0 Å². The van der Waals surface area contributed by atoms with Crippen LogP contribution < -0.4 is 20.3 Å². The number of carbonyl (C=O) groups is 2. The molecular weight excluding hydrogens is 595 g/mol. The van der Waals surface area contributed by atoms with E-state index in [-0.39, 0.29) is 23.3 Å². The Balaban J connectivity index is 1.18. The summed E-state index contributed by atoms with van der Waals surface area (Å²) in [4.78, 5) is 35.5. The van der Waals surface area contributed by atoms with Crippen molar-refractivity contribution in [2.24, 2.45) is 4.99 Å². The highest BCUT2D eigenvalue weighted by molar-refractivity contribution is 8.15. The highest BCUT2D eigenvalue weighted by Crippen LogP contribution is 2.34. The van der Waals surface area contributed by atoms with Gasteiger partial charge >= 0.3 is 12.4 Å². The first-order valence-electron chi connectivity index (χ1n) is 13.5. The lowest BCUT2D eigenvalue weighted by Gasteiger charge is -2.22. The van der Waals surface area contributed by atoms with E-state index in [2.05, 4.69) is 44.3 Å². The highest BCUT2D eigenvalue weighted by atomic mass is 32.2. The van der Waals surface area contributed by atoms with Crippen LogP contribution in [0.1, 0.15) is 36.5 Å². The first-order valence-corrected chi connectivity index (χ1v) is 14.5. The number of carbonyl (C=O) groups excluding carboxylic acids is 2. The number of aliphatic imine (C=N–C) groups is 1. The van der Waals surface area contributed by atoms with E-state index in [0.717, 1.165) is 22.4 Å². The van der Waals surface area contributed by atoms with E-state index < -0.39 is 12.4 Å². The van der Waals surface area contributed by atoms with Gasteiger partial charge < -0.3 is 15.4 Å². The lowest BCUT2D eigenvalue weighted by Crippen LogP contribution is -2.31. The van der Waals surface area contributed by atoms with Crippen molar-refractivity contribution in [3.05, 3.63) is 89.7 Å². The molecule has 0 spiro atoms. The molecule has 3 amide bonds. The summed E-state index contributed by atoms with van der Waals surface area (Å²) >= 11 is 1.23. The quantitative estimate of drug-likeness (QED) is 0.220. The summed E-state index contributed by atoms with van der Waals surface area (Å²) in [6, 6.07) is 17.7. The summed E-state index contributed by atoms with van der Waals surface area (Å²) < 4.78 is 42.4. The normalized spacial score (nSPS) is 14.4. The van der Waals surface area contributed by atoms with Crippen molar-refractivity contribution in [2.75, 3.05) is 21.3 Å². The van der Waals surface area contributed by atoms with Gasteiger partial charge in [0.2, 0.25) is 11.9 Å². The molecule has 1 aliphatic heterocycles. The number of urea groups is 1. The van der Waals surface area contributed by atoms with Crippen molar-refractivity contribution in [2.45, 2.75) is 39.6 Å². The molecule has 1 aliphatic rings. The molecule has 0 aliphatic carbocycles. The van der Waals surface area contributed by atoms with Crippen LogP contribution in [-0.4, -0.2) is 44.0 Å². The van der Waals surface area contributed by atoms with Gasteiger partial charge in [0.1, 0.15) is 12.1 Å². The molecule has 0 saturated carbocycles. The maximum absolute atomic E-state index is 12.8. The second kappa shape index (κ2) is 12.8. The predicted octanol–water partition coefficient (Wildman–Crippen LogP) is 6.88. The van der Waals surface area contributed by atoms with E-state index in [1.165, 1.54) is 51.9 Å². The van der Waals surface area contributed by atoms with Crippen molar-refractivity contribution in [1.82, 2.24) is 14.8 Å². The summed E-state index contributed by atoms with van der Waals surface area (Å²) in [6.07, 6.45) is -3.33. The summed E-state index contributed by atoms with van der Waals surface area (Å²) in [5, 5.41) is 10.4. The smallest absolute Gasteiger partial charge is 0.406 e. The van der Waals surface area contributed by atoms with Gasteiger partial charge in [-0.05, 0) is 72.0 Å². The van der Waals surface area contributed by atoms with Crippen LogP contribution in [0.5, 0.6) is 5.75 Å². The molecule has 2 heterocycles. The number of amides is 3. The molecule has 1 fully saturated rings. The Kier molecular flexibility index (Phi) is 8.90. The number of nitrogens with zero attached hydrogens (tertiary/aromatic N) is 5. The van der Waals surface area contributed by atoms with Gasteiger partial charge in [0, 0.05) is 12.2 Å². The van der Waals surface area contributed by atoms with Gasteiger partial charge in [-0.15, -0.1) is 18.3 Å². The molecule has 44 heavy (non-hydrogen) atoms. The van der Waals surface area contributed by atoms with Crippen LogP contribution in [-0.2, 0) is 11.3 Å². The maximum atomic E-state index is 12.8. The lowest BCUT2D eigenvalue weighted by molar-refractivity contribution is -0.274. The van der Waals surface area contributed by atoms with Crippen molar-refractivity contribution in [3.63, 3.8) is 0 Å². The zero-order chi connectivity index (χ0) is 31.4. The number of thioether (sulfide) groups is 1. The number of aryl methyl sites for hydroxylation is 1. The van der Waals surface area contributed by atoms with Crippen LogP contribution in [0.3, 0.4) is 0 Å². The fourth-order valence-corrected chi connectivity index (χ4v) is 5.27. The van der Waals surface area contributed by atoms with Crippen LogP contribution in [0.15, 0.2) is 78.0 Å². The van der Waals surface area contributed by atoms with Gasteiger partial charge in [0.05, 0.1) is 17.1 Å². The molecule has 5 rings (SSSR count). The fraction of sp³-hybridized carbons (Fsp3) is 0.233. The molecule has 228 valence electrons. The Morgan fingerprint density at radius 1 is 1.09 bits per heavy atom. The van der Waals surface area contributed by atoms with Gasteiger partial charge in [0.15, 0.2) is 5.17 Å². The third-order valence-corrected chi connectivity index (χ3v) is 7.42. The number of anilines is 3. The minimum atomic E-state index is -4.76. The number of alkyl halides is 3. The number of hydrogen-bond donors (Lipinski definition) is 2. The van der Waals surface area contributed by atoms with E-state index in [4.69, 9.17) is 0 Å². The molecule has 0 unspecified atom stereocenters. The van der Waals surface area contributed by atoms with Crippen molar-refractivity contribution in [3.8, 4) is 11.4 Å². The molecule has 1 aromatic heterocycles. The molecule has 3 aromatic carbocycles. The zero-order valence-corrected chi connectivity index (χ0v) is 24.7. The summed E-state index contributed by atoms with van der Waals surface area (Å²) in [5.41, 5.74) is 4.66. The van der Waals surface area contributed by atoms with Crippen molar-refractivity contribution >= 4 is 46.2 Å². The zero-order valence-electron chi connectivity index (χ0n) is 23.9. The van der Waals surface area contributed by atoms with Crippen LogP contribution in [0.25, 0.3) is 5.69 Å². The number of halogens is 3. The average molecular weight is 624 g/mol. The number of aromatic nitrogens is 3. The number of benzene rings is 3. The number of rotatable bonds is 8. The summed E-state index contributed by atoms with van der Waals surface area (Å²) in [7, 11) is 0. The van der Waals surface area contributed by atoms with Crippen LogP contribution in [0.2, 0.25) is 0 Å². The highest BCUT2D eigenvalue weighted by Gasteiger charge is 2.33. The van der Waals surface area contributed by atoms with Crippen molar-refractivity contribution in [1.29, 1.82) is 0 Å². The van der Waals surface area contributed by atoms with E-state index in [1.807, 2.05) is 37.3 Å². The number of ether oxygens (including phenoxy) is 1. The van der Waals surface area contributed by atoms with E-state index in [0.29, 0.717) is 29.0 Å². The second-order valence-electron chi connectivity index (χ2n) is 10.2. The van der Waals surface area contributed by atoms with Gasteiger partial charge in [-0.2, -0.15) is 4.99 Å². The summed E-state index contributed by atoms with van der Waals surface area (Å²) in [5.74, 6) is 0.245. The predicted molar refractivity (Wildman–Crippen MR) is 163 cm³/mol. The first-order chi connectivity index (χ1) is 20.9. The SMILES string of the molecule is Cc1ccc(C(C)C)c(N2C(=O)CSC2=NC(=O)Nc2ccc(CNc3ncn(-c4ccc(OC(F)(F)F)cc4)n3)cc2)c1. The molecular formula is C30H28F3N7O3S. The number of nitrogens with one attached hydrogen (secondary N) is 2. The van der Waals surface area contributed by atoms with Crippen LogP contribution >= 0.6 is 11.8 Å². The fourth-order valence-electron chi connectivity index (χ4n) is 4.41. The number of amidine groups is 1. The molecule has 14 heteroatoms. The van der Waals surface area contributed by atoms with E-state index in [9.17, 15) is 22.8 Å². The molecule has 0 radical (unpaired) electrons. The van der Waals surface area contributed by atoms with Gasteiger partial charge in [-0.1, -0.05) is 49.9 Å². The van der Waals surface area contributed by atoms with Gasteiger partial charge in [-0.3, -0.25) is 9.69 Å². The topological polar surface area (TPSA) is 114 Å². The van der Waals surface area contributed by atoms with Crippen LogP contribution in [0.4, 0.5) is 35.3 Å². The Bertz CT molecular complexity index is 1690. The monoisotopic (exact) mass is 623 g/mol. The number of hydrogen-bond acceptors (Lipinski definition) is 7. The standard InChI is InChI=1S/C30H28F3N7O3S/c1-18(2)24-13-4-19(3)14-25(24)40-26(41)16-44-29(40)37-28(42)36-21-7-5-20(6-8-21)15-34-27-35-17-39(38-27)22-9-11-23(12-10-22)43-30(31,32)33/h4-14,17-18H,15-16H2,1-3H3,(H,34,38)(H,36,42). The largest absolute Gasteiger partial charge is 0.573 e. The Morgan fingerprint density at radius 2 is 1.82 bits per heavy atom. The van der Waals surface area contributed by atoms with Crippen LogP contribution in [0, 0.1) is 6.92 Å². The molecule has 4 aromatic rings. The third-order valence-electron chi connectivity index (χ3n) is 6.49. The van der Waals surface area contributed by atoms with Gasteiger partial charge in [-0.25, -0.2) is 14.5 Å². The second-order valence-corrected chi connectivity index (χ2v) is 11.1. The maximum Gasteiger partial charge on any atom is 0.573 e. The Hall–Kier alpha value is -4.85. The van der Waals surface area contributed by atoms with E-state index in [1.54, 1.807) is 12.1 Å². The molecule has 0 atom stereocenters. The minimum absolute atomic E-state index is 0.126. The molecule has 2 N–H and O–H groups in total. The minimum Gasteiger partial charge on any atom is -0.406 e. The van der Waals surface area contributed by atoms with Crippen molar-refractivity contribution < 1.29 is 27.5 Å². The molecule has 0 bridgehead atoms. The molecule has 1 saturated heterocycles. The first kappa shape index (κ1) is 30.6. The lowest BCUT2D eigenvalue weighted by atomic mass is 9.99. The summed E-state index contributed by atoms with van der Waals surface area (Å²) in [6.45, 7) is 6.43. The average Bonchev–Trinajstić information content (AvgIpc) is 3.58. The molecule has 10 nitrogen and oxygen atoms in total. The van der Waals surface area contributed by atoms with E-state index >= 15 is 0 Å². The third kappa shape index (κ3) is 7.56. The Labute approximate surface area is 255 Å².